The normalized spacial score (nSPS) is 11.3. The number of rotatable bonds is 8. The van der Waals surface area contributed by atoms with Crippen molar-refractivity contribution in [2.24, 2.45) is 0 Å². The molecule has 0 saturated heterocycles. The molecule has 2 aromatic heterocycles. The third kappa shape index (κ3) is 6.32. The lowest BCUT2D eigenvalue weighted by molar-refractivity contribution is -0.118. The summed E-state index contributed by atoms with van der Waals surface area (Å²) in [6.07, 6.45) is 3.32. The summed E-state index contributed by atoms with van der Waals surface area (Å²) >= 11 is 1.19. The zero-order valence-electron chi connectivity index (χ0n) is 16.7. The number of hydrogen-bond acceptors (Lipinski definition) is 7. The summed E-state index contributed by atoms with van der Waals surface area (Å²) in [6.45, 7) is 7.33. The molecule has 0 aliphatic heterocycles. The molecule has 29 heavy (non-hydrogen) atoms. The summed E-state index contributed by atoms with van der Waals surface area (Å²) in [4.78, 5) is 16.0. The summed E-state index contributed by atoms with van der Waals surface area (Å²) in [5.74, 6) is 1.24. The van der Waals surface area contributed by atoms with Gasteiger partial charge in [-0.25, -0.2) is 0 Å². The predicted molar refractivity (Wildman–Crippen MR) is 112 cm³/mol. The van der Waals surface area contributed by atoms with Crippen LogP contribution in [-0.2, 0) is 10.2 Å². The van der Waals surface area contributed by atoms with Crippen LogP contribution in [0.1, 0.15) is 26.3 Å². The number of nitrogens with one attached hydrogen (secondary N) is 1. The number of nitrogens with zero attached hydrogens (tertiary/aromatic N) is 3. The second-order valence-corrected chi connectivity index (χ2v) is 8.30. The molecule has 0 atom stereocenters. The maximum absolute atomic E-state index is 12.0. The van der Waals surface area contributed by atoms with Crippen LogP contribution in [0.5, 0.6) is 5.75 Å². The van der Waals surface area contributed by atoms with Crippen LogP contribution in [-0.4, -0.2) is 40.0 Å². The molecule has 1 aromatic carbocycles. The molecule has 0 aliphatic carbocycles. The average molecular weight is 413 g/mol. The van der Waals surface area contributed by atoms with Gasteiger partial charge in [0.15, 0.2) is 0 Å². The minimum absolute atomic E-state index is 0.112. The van der Waals surface area contributed by atoms with Crippen LogP contribution in [0.4, 0.5) is 0 Å². The van der Waals surface area contributed by atoms with E-state index in [-0.39, 0.29) is 17.1 Å². The first-order valence-corrected chi connectivity index (χ1v) is 10.3. The van der Waals surface area contributed by atoms with E-state index in [1.54, 1.807) is 18.5 Å². The van der Waals surface area contributed by atoms with Crippen LogP contribution in [0.15, 0.2) is 58.4 Å². The van der Waals surface area contributed by atoms with Gasteiger partial charge in [-0.05, 0) is 35.2 Å². The molecule has 0 bridgehead atoms. The molecule has 152 valence electrons. The Morgan fingerprint density at radius 3 is 2.66 bits per heavy atom. The quantitative estimate of drug-likeness (QED) is 0.445. The minimum atomic E-state index is -0.122. The van der Waals surface area contributed by atoms with Gasteiger partial charge < -0.3 is 14.5 Å². The molecule has 0 spiro atoms. The topological polar surface area (TPSA) is 90.1 Å². The van der Waals surface area contributed by atoms with E-state index in [0.29, 0.717) is 24.3 Å². The molecule has 0 aliphatic rings. The number of amides is 1. The standard InChI is InChI=1S/C21H24N4O3S/c1-21(2,3)16-6-8-17(9-7-16)27-12-11-23-18(26)14-29-20-25-24-19(28-20)15-5-4-10-22-13-15/h4-10,13H,11-12,14H2,1-3H3,(H,23,26). The number of pyridine rings is 1. The van der Waals surface area contributed by atoms with E-state index in [9.17, 15) is 4.79 Å². The van der Waals surface area contributed by atoms with Crippen LogP contribution in [0.25, 0.3) is 11.5 Å². The molecule has 1 N–H and O–H groups in total. The number of carbonyl (C=O) groups is 1. The first-order chi connectivity index (χ1) is 13.9. The number of ether oxygens (including phenoxy) is 1. The maximum Gasteiger partial charge on any atom is 0.277 e. The number of aromatic nitrogens is 3. The van der Waals surface area contributed by atoms with E-state index in [1.807, 2.05) is 18.2 Å². The monoisotopic (exact) mass is 412 g/mol. The van der Waals surface area contributed by atoms with Crippen molar-refractivity contribution in [3.05, 3.63) is 54.4 Å². The van der Waals surface area contributed by atoms with Gasteiger partial charge in [0.2, 0.25) is 11.8 Å². The average Bonchev–Trinajstić information content (AvgIpc) is 3.19. The molecule has 0 radical (unpaired) electrons. The van der Waals surface area contributed by atoms with Gasteiger partial charge in [-0.2, -0.15) is 0 Å². The van der Waals surface area contributed by atoms with Crippen LogP contribution < -0.4 is 10.1 Å². The van der Waals surface area contributed by atoms with Crippen molar-refractivity contribution in [3.63, 3.8) is 0 Å². The van der Waals surface area contributed by atoms with Crippen molar-refractivity contribution >= 4 is 17.7 Å². The molecule has 3 rings (SSSR count). The van der Waals surface area contributed by atoms with E-state index in [2.05, 4.69) is 53.4 Å². The molecule has 0 unspecified atom stereocenters. The zero-order chi connectivity index (χ0) is 20.7. The molecule has 8 heteroatoms. The Morgan fingerprint density at radius 2 is 1.97 bits per heavy atom. The molecule has 0 saturated carbocycles. The number of hydrogen-bond donors (Lipinski definition) is 1. The summed E-state index contributed by atoms with van der Waals surface area (Å²) in [5, 5.41) is 11.1. The number of carbonyl (C=O) groups excluding carboxylic acids is 1. The van der Waals surface area contributed by atoms with Gasteiger partial charge in [-0.15, -0.1) is 10.2 Å². The lowest BCUT2D eigenvalue weighted by Crippen LogP contribution is -2.29. The fourth-order valence-electron chi connectivity index (χ4n) is 2.46. The highest BCUT2D eigenvalue weighted by molar-refractivity contribution is 7.99. The van der Waals surface area contributed by atoms with E-state index < -0.39 is 0 Å². The second-order valence-electron chi connectivity index (χ2n) is 7.38. The minimum Gasteiger partial charge on any atom is -0.492 e. The largest absolute Gasteiger partial charge is 0.492 e. The van der Waals surface area contributed by atoms with Gasteiger partial charge in [-0.3, -0.25) is 9.78 Å². The van der Waals surface area contributed by atoms with E-state index in [1.165, 1.54) is 17.3 Å². The van der Waals surface area contributed by atoms with Crippen molar-refractivity contribution < 1.29 is 13.9 Å². The molecule has 0 fully saturated rings. The zero-order valence-corrected chi connectivity index (χ0v) is 17.5. The fourth-order valence-corrected chi connectivity index (χ4v) is 3.06. The molecule has 2 heterocycles. The van der Waals surface area contributed by atoms with E-state index >= 15 is 0 Å². The molecular weight excluding hydrogens is 388 g/mol. The summed E-state index contributed by atoms with van der Waals surface area (Å²) in [6, 6.07) is 11.7. The van der Waals surface area contributed by atoms with Crippen molar-refractivity contribution in [1.82, 2.24) is 20.5 Å². The third-order valence-corrected chi connectivity index (χ3v) is 4.87. The highest BCUT2D eigenvalue weighted by Crippen LogP contribution is 2.24. The molecular formula is C21H24N4O3S. The Bertz CT molecular complexity index is 921. The first-order valence-electron chi connectivity index (χ1n) is 9.28. The Hall–Kier alpha value is -2.87. The lowest BCUT2D eigenvalue weighted by Gasteiger charge is -2.19. The summed E-state index contributed by atoms with van der Waals surface area (Å²) in [5.41, 5.74) is 2.10. The Kier molecular flexibility index (Phi) is 6.87. The Labute approximate surface area is 174 Å². The SMILES string of the molecule is CC(C)(C)c1ccc(OCCNC(=O)CSc2nnc(-c3cccnc3)o2)cc1. The highest BCUT2D eigenvalue weighted by Gasteiger charge is 2.13. The number of thioether (sulfide) groups is 1. The smallest absolute Gasteiger partial charge is 0.277 e. The van der Waals surface area contributed by atoms with Gasteiger partial charge >= 0.3 is 0 Å². The van der Waals surface area contributed by atoms with Gasteiger partial charge in [0.1, 0.15) is 12.4 Å². The Balaban J connectivity index is 1.36. The maximum atomic E-state index is 12.0. The lowest BCUT2D eigenvalue weighted by atomic mass is 9.87. The van der Waals surface area contributed by atoms with Crippen molar-refractivity contribution in [3.8, 4) is 17.2 Å². The van der Waals surface area contributed by atoms with E-state index in [4.69, 9.17) is 9.15 Å². The third-order valence-electron chi connectivity index (χ3n) is 4.05. The van der Waals surface area contributed by atoms with E-state index in [0.717, 1.165) is 11.3 Å². The highest BCUT2D eigenvalue weighted by atomic mass is 32.2. The van der Waals surface area contributed by atoms with Gasteiger partial charge in [-0.1, -0.05) is 44.7 Å². The number of benzene rings is 1. The second kappa shape index (κ2) is 9.56. The molecule has 3 aromatic rings. The van der Waals surface area contributed by atoms with Crippen molar-refractivity contribution in [1.29, 1.82) is 0 Å². The van der Waals surface area contributed by atoms with Gasteiger partial charge in [0, 0.05) is 12.4 Å². The van der Waals surface area contributed by atoms with Crippen LogP contribution in [0.2, 0.25) is 0 Å². The van der Waals surface area contributed by atoms with Crippen molar-refractivity contribution in [2.75, 3.05) is 18.9 Å². The van der Waals surface area contributed by atoms with Gasteiger partial charge in [0.05, 0.1) is 17.9 Å². The van der Waals surface area contributed by atoms with Crippen LogP contribution >= 0.6 is 11.8 Å². The summed E-state index contributed by atoms with van der Waals surface area (Å²) in [7, 11) is 0. The summed E-state index contributed by atoms with van der Waals surface area (Å²) < 4.78 is 11.2. The van der Waals surface area contributed by atoms with Crippen molar-refractivity contribution in [2.45, 2.75) is 31.4 Å². The van der Waals surface area contributed by atoms with Gasteiger partial charge in [0.25, 0.3) is 5.22 Å². The Morgan fingerprint density at radius 1 is 1.17 bits per heavy atom. The molecule has 1 amide bonds. The first kappa shape index (κ1) is 20.9. The fraction of sp³-hybridized carbons (Fsp3) is 0.333. The predicted octanol–water partition coefficient (Wildman–Crippen LogP) is 3.72. The molecule has 7 nitrogen and oxygen atoms in total. The van der Waals surface area contributed by atoms with Crippen LogP contribution in [0.3, 0.4) is 0 Å². The van der Waals surface area contributed by atoms with Crippen LogP contribution in [0, 0.1) is 0 Å².